The van der Waals surface area contributed by atoms with Gasteiger partial charge in [0.2, 0.25) is 0 Å². The molecule has 1 nitrogen and oxygen atoms in total. The predicted octanol–water partition coefficient (Wildman–Crippen LogP) is 5.05. The number of unbranched alkanes of at least 4 members (excludes halogenated alkanes) is 7. The third-order valence-corrected chi connectivity index (χ3v) is 2.79. The van der Waals surface area contributed by atoms with Gasteiger partial charge >= 0.3 is 0 Å². The number of hydrogen-bond acceptors (Lipinski definition) is 1. The fourth-order valence-corrected chi connectivity index (χ4v) is 1.75. The second-order valence-electron chi connectivity index (χ2n) is 4.62. The number of Topliss-reactive ketones (excluding diaryl/α,β-unsaturated/α-hetero) is 1. The van der Waals surface area contributed by atoms with Crippen molar-refractivity contribution in [1.82, 2.24) is 0 Å². The molecule has 16 heavy (non-hydrogen) atoms. The number of rotatable bonds is 11. The summed E-state index contributed by atoms with van der Waals surface area (Å²) in [6, 6.07) is 0. The van der Waals surface area contributed by atoms with E-state index < -0.39 is 0 Å². The van der Waals surface area contributed by atoms with E-state index in [-0.39, 0.29) is 0 Å². The molecule has 0 heterocycles. The molecule has 0 saturated carbocycles. The van der Waals surface area contributed by atoms with E-state index in [4.69, 9.17) is 0 Å². The summed E-state index contributed by atoms with van der Waals surface area (Å²) in [5, 5.41) is 0. The first-order valence-electron chi connectivity index (χ1n) is 6.91. The first-order chi connectivity index (χ1) is 7.77. The van der Waals surface area contributed by atoms with Crippen molar-refractivity contribution < 1.29 is 4.79 Å². The molecule has 1 heteroatoms. The standard InChI is InChI=1S/C15H28O/c1-3-4-5-6-7-8-9-10-11-12-13-14-15(2)16/h10-11H,3-9,12-14H2,1-2H3/b11-10-. The predicted molar refractivity (Wildman–Crippen MR) is 71.7 cm³/mol. The summed E-state index contributed by atoms with van der Waals surface area (Å²) in [4.78, 5) is 10.7. The van der Waals surface area contributed by atoms with Crippen LogP contribution in [0.4, 0.5) is 0 Å². The maximum absolute atomic E-state index is 10.7. The highest BCUT2D eigenvalue weighted by Gasteiger charge is 1.90. The van der Waals surface area contributed by atoms with E-state index in [1.54, 1.807) is 6.92 Å². The molecule has 0 atom stereocenters. The van der Waals surface area contributed by atoms with Crippen LogP contribution in [0.25, 0.3) is 0 Å². The minimum Gasteiger partial charge on any atom is -0.300 e. The van der Waals surface area contributed by atoms with E-state index in [1.807, 2.05) is 0 Å². The molecule has 0 bridgehead atoms. The highest BCUT2D eigenvalue weighted by atomic mass is 16.1. The maximum atomic E-state index is 10.7. The normalized spacial score (nSPS) is 11.1. The Morgan fingerprint density at radius 3 is 2.06 bits per heavy atom. The molecule has 94 valence electrons. The number of carbonyl (C=O) groups excluding carboxylic acids is 1. The Morgan fingerprint density at radius 1 is 0.875 bits per heavy atom. The first kappa shape index (κ1) is 15.4. The highest BCUT2D eigenvalue weighted by Crippen LogP contribution is 2.07. The molecule has 0 fully saturated rings. The minimum absolute atomic E-state index is 0.310. The Kier molecular flexibility index (Phi) is 12.0. The largest absolute Gasteiger partial charge is 0.300 e. The Morgan fingerprint density at radius 2 is 1.44 bits per heavy atom. The van der Waals surface area contributed by atoms with Crippen LogP contribution < -0.4 is 0 Å². The summed E-state index contributed by atoms with van der Waals surface area (Å²) in [6.45, 7) is 3.92. The maximum Gasteiger partial charge on any atom is 0.129 e. The zero-order chi connectivity index (χ0) is 12.1. The van der Waals surface area contributed by atoms with Crippen LogP contribution >= 0.6 is 0 Å². The molecule has 0 unspecified atom stereocenters. The van der Waals surface area contributed by atoms with Gasteiger partial charge in [-0.25, -0.2) is 0 Å². The fraction of sp³-hybridized carbons (Fsp3) is 0.800. The summed E-state index contributed by atoms with van der Waals surface area (Å²) in [5.41, 5.74) is 0. The van der Waals surface area contributed by atoms with Crippen LogP contribution in [0, 0.1) is 0 Å². The molecule has 0 aromatic heterocycles. The summed E-state index contributed by atoms with van der Waals surface area (Å²) in [7, 11) is 0. The van der Waals surface area contributed by atoms with E-state index in [1.165, 1.54) is 44.9 Å². The molecular weight excluding hydrogens is 196 g/mol. The zero-order valence-corrected chi connectivity index (χ0v) is 11.1. The molecule has 0 aromatic carbocycles. The summed E-state index contributed by atoms with van der Waals surface area (Å²) < 4.78 is 0. The lowest BCUT2D eigenvalue weighted by atomic mass is 10.1. The number of ketones is 1. The van der Waals surface area contributed by atoms with Gasteiger partial charge in [0.05, 0.1) is 0 Å². The molecule has 0 saturated heterocycles. The quantitative estimate of drug-likeness (QED) is 0.354. The summed E-state index contributed by atoms with van der Waals surface area (Å²) in [5.74, 6) is 0.310. The topological polar surface area (TPSA) is 17.1 Å². The van der Waals surface area contributed by atoms with Gasteiger partial charge in [0.15, 0.2) is 0 Å². The average molecular weight is 224 g/mol. The minimum atomic E-state index is 0.310. The average Bonchev–Trinajstić information content (AvgIpc) is 2.25. The summed E-state index contributed by atoms with van der Waals surface area (Å²) in [6.07, 6.45) is 16.8. The fourth-order valence-electron chi connectivity index (χ4n) is 1.75. The van der Waals surface area contributed by atoms with E-state index >= 15 is 0 Å². The molecule has 0 aliphatic rings. The van der Waals surface area contributed by atoms with Gasteiger partial charge in [0.25, 0.3) is 0 Å². The van der Waals surface area contributed by atoms with Crippen LogP contribution in [0.5, 0.6) is 0 Å². The zero-order valence-electron chi connectivity index (χ0n) is 11.1. The molecular formula is C15H28O. The number of allylic oxidation sites excluding steroid dienone is 2. The van der Waals surface area contributed by atoms with Gasteiger partial charge < -0.3 is 4.79 Å². The van der Waals surface area contributed by atoms with Crippen molar-refractivity contribution in [2.24, 2.45) is 0 Å². The van der Waals surface area contributed by atoms with Gasteiger partial charge in [0.1, 0.15) is 5.78 Å². The molecule has 0 amide bonds. The van der Waals surface area contributed by atoms with Crippen LogP contribution in [0.2, 0.25) is 0 Å². The van der Waals surface area contributed by atoms with Gasteiger partial charge in [-0.1, -0.05) is 51.2 Å². The van der Waals surface area contributed by atoms with Crippen LogP contribution in [-0.4, -0.2) is 5.78 Å². The van der Waals surface area contributed by atoms with Gasteiger partial charge in [-0.3, -0.25) is 0 Å². The second-order valence-corrected chi connectivity index (χ2v) is 4.62. The Bertz CT molecular complexity index is 182. The van der Waals surface area contributed by atoms with Crippen molar-refractivity contribution >= 4 is 5.78 Å². The Labute approximate surface area is 101 Å². The lowest BCUT2D eigenvalue weighted by molar-refractivity contribution is -0.117. The molecule has 0 spiro atoms. The molecule has 0 N–H and O–H groups in total. The van der Waals surface area contributed by atoms with Gasteiger partial charge in [0, 0.05) is 6.42 Å². The molecule has 0 aliphatic heterocycles. The van der Waals surface area contributed by atoms with Crippen molar-refractivity contribution in [3.63, 3.8) is 0 Å². The van der Waals surface area contributed by atoms with Gasteiger partial charge in [-0.15, -0.1) is 0 Å². The number of carbonyl (C=O) groups is 1. The van der Waals surface area contributed by atoms with E-state index in [2.05, 4.69) is 19.1 Å². The number of hydrogen-bond donors (Lipinski definition) is 0. The van der Waals surface area contributed by atoms with Gasteiger partial charge in [-0.2, -0.15) is 0 Å². The summed E-state index contributed by atoms with van der Waals surface area (Å²) >= 11 is 0. The van der Waals surface area contributed by atoms with Crippen LogP contribution in [0.3, 0.4) is 0 Å². The third-order valence-electron chi connectivity index (χ3n) is 2.79. The SMILES string of the molecule is CCCCCCCC/C=C\CCCC(C)=O. The lowest BCUT2D eigenvalue weighted by Crippen LogP contribution is -1.87. The first-order valence-corrected chi connectivity index (χ1v) is 6.91. The van der Waals surface area contributed by atoms with E-state index in [9.17, 15) is 4.79 Å². The van der Waals surface area contributed by atoms with E-state index in [0.29, 0.717) is 5.78 Å². The molecule has 0 radical (unpaired) electrons. The Balaban J connectivity index is 3.06. The van der Waals surface area contributed by atoms with E-state index in [0.717, 1.165) is 19.3 Å². The highest BCUT2D eigenvalue weighted by molar-refractivity contribution is 5.75. The van der Waals surface area contributed by atoms with Crippen LogP contribution in [0.1, 0.15) is 78.1 Å². The molecule has 0 rings (SSSR count). The molecule has 0 aliphatic carbocycles. The lowest BCUT2D eigenvalue weighted by Gasteiger charge is -1.97. The van der Waals surface area contributed by atoms with Crippen molar-refractivity contribution in [2.75, 3.05) is 0 Å². The monoisotopic (exact) mass is 224 g/mol. The molecule has 0 aromatic rings. The van der Waals surface area contributed by atoms with Crippen molar-refractivity contribution in [2.45, 2.75) is 78.1 Å². The second kappa shape index (κ2) is 12.5. The van der Waals surface area contributed by atoms with Crippen molar-refractivity contribution in [3.8, 4) is 0 Å². The third kappa shape index (κ3) is 13.4. The van der Waals surface area contributed by atoms with Crippen LogP contribution in [0.15, 0.2) is 12.2 Å². The Hall–Kier alpha value is -0.590. The van der Waals surface area contributed by atoms with Crippen molar-refractivity contribution in [3.05, 3.63) is 12.2 Å². The smallest absolute Gasteiger partial charge is 0.129 e. The van der Waals surface area contributed by atoms with Gasteiger partial charge in [-0.05, 0) is 32.6 Å². The van der Waals surface area contributed by atoms with Crippen LogP contribution in [-0.2, 0) is 4.79 Å². The van der Waals surface area contributed by atoms with Crippen molar-refractivity contribution in [1.29, 1.82) is 0 Å².